The lowest BCUT2D eigenvalue weighted by atomic mass is 10.3. The summed E-state index contributed by atoms with van der Waals surface area (Å²) >= 11 is 0. The molecule has 2 rings (SSSR count). The molecule has 29 heavy (non-hydrogen) atoms. The van der Waals surface area contributed by atoms with Gasteiger partial charge in [-0.05, 0) is 12.8 Å². The van der Waals surface area contributed by atoms with Gasteiger partial charge in [-0.2, -0.15) is 0 Å². The Morgan fingerprint density at radius 2 is 0.759 bits per heavy atom. The molecule has 2 aliphatic heterocycles. The molecule has 0 aromatic rings. The van der Waals surface area contributed by atoms with Crippen LogP contribution in [0.15, 0.2) is 0 Å². The molecule has 4 atom stereocenters. The Hall–Kier alpha value is -0.280. The number of ether oxygens (including phenoxy) is 1. The lowest BCUT2D eigenvalue weighted by Gasteiger charge is -2.29. The minimum Gasteiger partial charge on any atom is -0.381 e. The largest absolute Gasteiger partial charge is 0.381 e. The second-order valence-corrected chi connectivity index (χ2v) is 9.83. The molecule has 0 aliphatic carbocycles. The third-order valence-corrected chi connectivity index (χ3v) is 6.90. The van der Waals surface area contributed by atoms with Gasteiger partial charge in [-0.15, -0.1) is 0 Å². The maximum atomic E-state index is 5.96. The number of quaternary nitrogens is 4. The van der Waals surface area contributed by atoms with E-state index in [9.17, 15) is 0 Å². The highest BCUT2D eigenvalue weighted by atomic mass is 16.5. The summed E-state index contributed by atoms with van der Waals surface area (Å²) in [4.78, 5) is 12.1. The summed E-state index contributed by atoms with van der Waals surface area (Å²) in [7, 11) is 9.52. The van der Waals surface area contributed by atoms with Crippen molar-refractivity contribution in [3.63, 3.8) is 0 Å². The summed E-state index contributed by atoms with van der Waals surface area (Å²) in [5, 5.41) is 0. The second kappa shape index (κ2) is 14.7. The normalized spacial score (nSPS) is 38.5. The highest BCUT2D eigenvalue weighted by molar-refractivity contribution is 4.60. The van der Waals surface area contributed by atoms with Gasteiger partial charge in [0.25, 0.3) is 0 Å². The topological polar surface area (TPSA) is 33.5 Å². The third-order valence-electron chi connectivity index (χ3n) is 6.90. The van der Waals surface area contributed by atoms with Crippen LogP contribution < -0.4 is 19.6 Å². The number of nitrogens with one attached hydrogen (secondary N) is 4. The number of nitrogens with zero attached hydrogens (tertiary/aromatic N) is 2. The quantitative estimate of drug-likeness (QED) is 0.298. The molecule has 4 unspecified atom stereocenters. The van der Waals surface area contributed by atoms with Crippen LogP contribution in [0.5, 0.6) is 0 Å². The minimum atomic E-state index is 0.920. The van der Waals surface area contributed by atoms with E-state index in [4.69, 9.17) is 4.74 Å². The molecule has 2 fully saturated rings. The molecule has 2 bridgehead atoms. The van der Waals surface area contributed by atoms with Crippen LogP contribution in [0.2, 0.25) is 0 Å². The maximum absolute atomic E-state index is 5.96. The molecule has 7 nitrogen and oxygen atoms in total. The third kappa shape index (κ3) is 11.6. The zero-order valence-electron chi connectivity index (χ0n) is 20.0. The van der Waals surface area contributed by atoms with Crippen molar-refractivity contribution in [3.8, 4) is 0 Å². The molecule has 7 heteroatoms. The average Bonchev–Trinajstić information content (AvgIpc) is 2.71. The number of fused-ring (bicyclic) bond motifs is 6. The zero-order valence-corrected chi connectivity index (χ0v) is 20.0. The van der Waals surface area contributed by atoms with Crippen molar-refractivity contribution in [1.82, 2.24) is 9.80 Å². The molecular formula is C22H52N6O+4. The van der Waals surface area contributed by atoms with E-state index >= 15 is 0 Å². The molecule has 0 aromatic carbocycles. The van der Waals surface area contributed by atoms with Crippen molar-refractivity contribution in [2.45, 2.75) is 12.8 Å². The van der Waals surface area contributed by atoms with E-state index in [2.05, 4.69) is 38.0 Å². The summed E-state index contributed by atoms with van der Waals surface area (Å²) in [6, 6.07) is 0. The summed E-state index contributed by atoms with van der Waals surface area (Å²) < 4.78 is 5.96. The first-order valence-electron chi connectivity index (χ1n) is 12.3. The van der Waals surface area contributed by atoms with Crippen LogP contribution in [0.3, 0.4) is 0 Å². The molecule has 0 aromatic heterocycles. The van der Waals surface area contributed by atoms with Crippen molar-refractivity contribution in [2.24, 2.45) is 0 Å². The predicted molar refractivity (Wildman–Crippen MR) is 119 cm³/mol. The Morgan fingerprint density at radius 1 is 0.448 bits per heavy atom. The molecule has 0 radical (unpaired) electrons. The van der Waals surface area contributed by atoms with Crippen molar-refractivity contribution >= 4 is 0 Å². The van der Waals surface area contributed by atoms with Gasteiger partial charge in [0.05, 0.1) is 54.4 Å². The van der Waals surface area contributed by atoms with Gasteiger partial charge in [0.1, 0.15) is 26.2 Å². The number of likely N-dealkylation sites (N-methyl/N-ethyl adjacent to an activating group) is 4. The first kappa shape index (κ1) is 25.0. The van der Waals surface area contributed by atoms with E-state index in [1.807, 2.05) is 0 Å². The van der Waals surface area contributed by atoms with E-state index in [1.54, 1.807) is 19.6 Å². The van der Waals surface area contributed by atoms with Gasteiger partial charge < -0.3 is 24.3 Å². The van der Waals surface area contributed by atoms with Crippen LogP contribution in [0.1, 0.15) is 12.8 Å². The van der Waals surface area contributed by atoms with E-state index < -0.39 is 0 Å². The van der Waals surface area contributed by atoms with Gasteiger partial charge in [-0.3, -0.25) is 9.80 Å². The zero-order chi connectivity index (χ0) is 20.9. The van der Waals surface area contributed by atoms with Gasteiger partial charge in [0, 0.05) is 52.5 Å². The van der Waals surface area contributed by atoms with Gasteiger partial charge in [0.2, 0.25) is 0 Å². The van der Waals surface area contributed by atoms with Crippen molar-refractivity contribution in [1.29, 1.82) is 0 Å². The van der Waals surface area contributed by atoms with Crippen LogP contribution in [0.4, 0.5) is 0 Å². The molecule has 172 valence electrons. The Balaban J connectivity index is 2.01. The Kier molecular flexibility index (Phi) is 12.6. The Labute approximate surface area is 180 Å². The molecule has 4 N–H and O–H groups in total. The summed E-state index contributed by atoms with van der Waals surface area (Å²) in [6.07, 6.45) is 2.34. The highest BCUT2D eigenvalue weighted by Gasteiger charge is 2.17. The molecule has 0 spiro atoms. The lowest BCUT2D eigenvalue weighted by Crippen LogP contribution is -3.21. The fourth-order valence-electron chi connectivity index (χ4n) is 4.30. The van der Waals surface area contributed by atoms with E-state index in [-0.39, 0.29) is 0 Å². The number of hydrogen-bond acceptors (Lipinski definition) is 3. The smallest absolute Gasteiger partial charge is 0.127 e. The Morgan fingerprint density at radius 3 is 1.14 bits per heavy atom. The molecule has 2 aliphatic rings. The van der Waals surface area contributed by atoms with E-state index in [0.717, 1.165) is 13.2 Å². The molecular weight excluding hydrogens is 364 g/mol. The van der Waals surface area contributed by atoms with Crippen LogP contribution in [-0.4, -0.2) is 143 Å². The number of rotatable bonds is 0. The van der Waals surface area contributed by atoms with Crippen LogP contribution >= 0.6 is 0 Å². The fraction of sp³-hybridized carbons (Fsp3) is 1.00. The monoisotopic (exact) mass is 416 g/mol. The standard InChI is InChI=1S/C22H48N6O/c1-23-9-11-24(2)13-17-27-7-5-21-29-22-6-8-28(18-14-25(3)12-10-23)20-16-26(4)15-19-27/h5-22H2,1-4H3/p+4. The summed E-state index contributed by atoms with van der Waals surface area (Å²) in [5.74, 6) is 0. The van der Waals surface area contributed by atoms with Crippen molar-refractivity contribution < 1.29 is 24.3 Å². The Bertz CT molecular complexity index is 375. The average molecular weight is 417 g/mol. The van der Waals surface area contributed by atoms with Crippen molar-refractivity contribution in [2.75, 3.05) is 133 Å². The molecule has 0 saturated carbocycles. The number of hydrogen-bond donors (Lipinski definition) is 4. The van der Waals surface area contributed by atoms with Gasteiger partial charge in [-0.25, -0.2) is 0 Å². The predicted octanol–water partition coefficient (Wildman–Crippen LogP) is -5.53. The van der Waals surface area contributed by atoms with Gasteiger partial charge in [0.15, 0.2) is 0 Å². The summed E-state index contributed by atoms with van der Waals surface area (Å²) in [5.41, 5.74) is 0. The lowest BCUT2D eigenvalue weighted by molar-refractivity contribution is -0.961. The van der Waals surface area contributed by atoms with Crippen LogP contribution in [0, 0.1) is 0 Å². The van der Waals surface area contributed by atoms with Gasteiger partial charge >= 0.3 is 0 Å². The molecule has 2 saturated heterocycles. The fourth-order valence-corrected chi connectivity index (χ4v) is 4.30. The summed E-state index contributed by atoms with van der Waals surface area (Å²) in [6.45, 7) is 19.2. The first-order chi connectivity index (χ1) is 14.0. The second-order valence-electron chi connectivity index (χ2n) is 9.83. The minimum absolute atomic E-state index is 0.920. The molecule has 0 amide bonds. The van der Waals surface area contributed by atoms with Crippen LogP contribution in [-0.2, 0) is 4.74 Å². The first-order valence-corrected chi connectivity index (χ1v) is 12.3. The molecule has 2 heterocycles. The highest BCUT2D eigenvalue weighted by Crippen LogP contribution is 1.95. The van der Waals surface area contributed by atoms with E-state index in [1.165, 1.54) is 104 Å². The van der Waals surface area contributed by atoms with Crippen molar-refractivity contribution in [3.05, 3.63) is 0 Å². The van der Waals surface area contributed by atoms with Gasteiger partial charge in [-0.1, -0.05) is 0 Å². The van der Waals surface area contributed by atoms with E-state index in [0.29, 0.717) is 0 Å². The van der Waals surface area contributed by atoms with Crippen LogP contribution in [0.25, 0.3) is 0 Å². The maximum Gasteiger partial charge on any atom is 0.127 e. The SMILES string of the molecule is C[NH+]1CCN2CCCOCCCN(CC1)CC[NH+](C)CC[NH+](C)CC[NH+](C)CC2.